The van der Waals surface area contributed by atoms with Gasteiger partial charge in [0.1, 0.15) is 11.6 Å². The lowest BCUT2D eigenvalue weighted by molar-refractivity contribution is 0.566. The number of benzene rings is 1. The van der Waals surface area contributed by atoms with Crippen LogP contribution in [0.2, 0.25) is 0 Å². The van der Waals surface area contributed by atoms with Crippen molar-refractivity contribution in [1.82, 2.24) is 9.97 Å². The molecule has 19 heavy (non-hydrogen) atoms. The Kier molecular flexibility index (Phi) is 4.04. The maximum absolute atomic E-state index is 13.7. The van der Waals surface area contributed by atoms with Crippen LogP contribution < -0.4 is 5.32 Å². The first-order chi connectivity index (χ1) is 9.10. The average Bonchev–Trinajstić information content (AvgIpc) is 2.41. The first-order valence-electron chi connectivity index (χ1n) is 6.10. The van der Waals surface area contributed by atoms with E-state index in [4.69, 9.17) is 0 Å². The molecule has 1 unspecified atom stereocenters. The van der Waals surface area contributed by atoms with E-state index in [-0.39, 0.29) is 11.6 Å². The molecule has 0 bridgehead atoms. The number of aromatic nitrogens is 2. The zero-order valence-corrected chi connectivity index (χ0v) is 10.8. The second kappa shape index (κ2) is 5.73. The molecule has 1 atom stereocenters. The van der Waals surface area contributed by atoms with Crippen LogP contribution >= 0.6 is 0 Å². The predicted molar refractivity (Wildman–Crippen MR) is 69.8 cm³/mol. The fourth-order valence-corrected chi connectivity index (χ4v) is 1.80. The van der Waals surface area contributed by atoms with Crippen LogP contribution in [0.15, 0.2) is 30.6 Å². The zero-order valence-electron chi connectivity index (χ0n) is 10.8. The lowest BCUT2D eigenvalue weighted by Crippen LogP contribution is -2.13. The zero-order chi connectivity index (χ0) is 13.8. The Morgan fingerprint density at radius 3 is 2.53 bits per heavy atom. The standard InChI is InChI=1S/C14H15F2N3/c1-3-13(11-6-10(15)4-5-12(11)16)19-14-17-7-9(2)8-18-14/h4-8,13H,3H2,1-2H3,(H,17,18,19). The summed E-state index contributed by atoms with van der Waals surface area (Å²) in [6.45, 7) is 3.77. The Hall–Kier alpha value is -2.04. The van der Waals surface area contributed by atoms with Crippen molar-refractivity contribution in [2.24, 2.45) is 0 Å². The van der Waals surface area contributed by atoms with Crippen LogP contribution in [0.3, 0.4) is 0 Å². The summed E-state index contributed by atoms with van der Waals surface area (Å²) in [7, 11) is 0. The van der Waals surface area contributed by atoms with E-state index in [0.717, 1.165) is 17.7 Å². The maximum atomic E-state index is 13.7. The van der Waals surface area contributed by atoms with E-state index in [1.165, 1.54) is 6.07 Å². The van der Waals surface area contributed by atoms with Gasteiger partial charge in [0.25, 0.3) is 0 Å². The van der Waals surface area contributed by atoms with Crippen molar-refractivity contribution >= 4 is 5.95 Å². The molecule has 0 aliphatic heterocycles. The van der Waals surface area contributed by atoms with E-state index in [1.807, 2.05) is 13.8 Å². The van der Waals surface area contributed by atoms with Crippen molar-refractivity contribution in [2.75, 3.05) is 5.32 Å². The molecule has 1 heterocycles. The van der Waals surface area contributed by atoms with Gasteiger partial charge < -0.3 is 5.32 Å². The molecule has 0 aliphatic rings. The van der Waals surface area contributed by atoms with Crippen molar-refractivity contribution in [1.29, 1.82) is 0 Å². The highest BCUT2D eigenvalue weighted by Crippen LogP contribution is 2.24. The minimum atomic E-state index is -0.457. The van der Waals surface area contributed by atoms with Crippen molar-refractivity contribution in [3.63, 3.8) is 0 Å². The molecule has 5 heteroatoms. The van der Waals surface area contributed by atoms with Crippen LogP contribution in [0, 0.1) is 18.6 Å². The molecule has 0 spiro atoms. The summed E-state index contributed by atoms with van der Waals surface area (Å²) >= 11 is 0. The number of rotatable bonds is 4. The Bertz CT molecular complexity index is 555. The van der Waals surface area contributed by atoms with E-state index in [9.17, 15) is 8.78 Å². The molecule has 0 saturated heterocycles. The third kappa shape index (κ3) is 3.24. The smallest absolute Gasteiger partial charge is 0.223 e. The van der Waals surface area contributed by atoms with Gasteiger partial charge in [0, 0.05) is 18.0 Å². The molecule has 100 valence electrons. The van der Waals surface area contributed by atoms with Crippen molar-refractivity contribution in [3.8, 4) is 0 Å². The van der Waals surface area contributed by atoms with Crippen LogP contribution in [0.4, 0.5) is 14.7 Å². The van der Waals surface area contributed by atoms with Crippen LogP contribution in [0.5, 0.6) is 0 Å². The van der Waals surface area contributed by atoms with E-state index in [1.54, 1.807) is 12.4 Å². The molecule has 0 aliphatic carbocycles. The number of aryl methyl sites for hydroxylation is 1. The van der Waals surface area contributed by atoms with Crippen LogP contribution in [0.1, 0.15) is 30.5 Å². The molecular weight excluding hydrogens is 248 g/mol. The quantitative estimate of drug-likeness (QED) is 0.915. The Morgan fingerprint density at radius 1 is 1.21 bits per heavy atom. The van der Waals surface area contributed by atoms with Gasteiger partial charge in [-0.05, 0) is 37.1 Å². The van der Waals surface area contributed by atoms with E-state index >= 15 is 0 Å². The Balaban J connectivity index is 2.24. The first-order valence-corrected chi connectivity index (χ1v) is 6.10. The highest BCUT2D eigenvalue weighted by atomic mass is 19.1. The number of hydrogen-bond donors (Lipinski definition) is 1. The third-order valence-electron chi connectivity index (χ3n) is 2.83. The first kappa shape index (κ1) is 13.4. The number of halogens is 2. The van der Waals surface area contributed by atoms with E-state index in [0.29, 0.717) is 12.4 Å². The molecule has 0 saturated carbocycles. The van der Waals surface area contributed by atoms with Gasteiger partial charge in [0.15, 0.2) is 0 Å². The Labute approximate surface area is 110 Å². The highest BCUT2D eigenvalue weighted by molar-refractivity contribution is 5.33. The molecule has 2 rings (SSSR count). The SMILES string of the molecule is CCC(Nc1ncc(C)cn1)c1cc(F)ccc1F. The molecule has 3 nitrogen and oxygen atoms in total. The topological polar surface area (TPSA) is 37.8 Å². The minimum absolute atomic E-state index is 0.284. The summed E-state index contributed by atoms with van der Waals surface area (Å²) < 4.78 is 26.9. The molecule has 0 radical (unpaired) electrons. The Morgan fingerprint density at radius 2 is 1.89 bits per heavy atom. The molecular formula is C14H15F2N3. The van der Waals surface area contributed by atoms with Crippen molar-refractivity contribution in [2.45, 2.75) is 26.3 Å². The maximum Gasteiger partial charge on any atom is 0.223 e. The lowest BCUT2D eigenvalue weighted by atomic mass is 10.0. The largest absolute Gasteiger partial charge is 0.347 e. The third-order valence-corrected chi connectivity index (χ3v) is 2.83. The lowest BCUT2D eigenvalue weighted by Gasteiger charge is -2.18. The summed E-state index contributed by atoms with van der Waals surface area (Å²) in [6.07, 6.45) is 3.94. The van der Waals surface area contributed by atoms with Gasteiger partial charge >= 0.3 is 0 Å². The van der Waals surface area contributed by atoms with E-state index < -0.39 is 11.6 Å². The van der Waals surface area contributed by atoms with Crippen LogP contribution in [-0.2, 0) is 0 Å². The fourth-order valence-electron chi connectivity index (χ4n) is 1.80. The van der Waals surface area contributed by atoms with Crippen molar-refractivity contribution in [3.05, 3.63) is 53.4 Å². The fraction of sp³-hybridized carbons (Fsp3) is 0.286. The minimum Gasteiger partial charge on any atom is -0.347 e. The normalized spacial score (nSPS) is 12.2. The highest BCUT2D eigenvalue weighted by Gasteiger charge is 2.15. The summed E-state index contributed by atoms with van der Waals surface area (Å²) in [5.41, 5.74) is 1.22. The van der Waals surface area contributed by atoms with E-state index in [2.05, 4.69) is 15.3 Å². The summed E-state index contributed by atoms with van der Waals surface area (Å²) in [4.78, 5) is 8.21. The molecule has 1 N–H and O–H groups in total. The molecule has 0 amide bonds. The molecule has 1 aromatic carbocycles. The monoisotopic (exact) mass is 263 g/mol. The molecule has 0 fully saturated rings. The van der Waals surface area contributed by atoms with Crippen molar-refractivity contribution < 1.29 is 8.78 Å². The van der Waals surface area contributed by atoms with Gasteiger partial charge in [0.05, 0.1) is 6.04 Å². The summed E-state index contributed by atoms with van der Waals surface area (Å²) in [6, 6.07) is 3.07. The predicted octanol–water partition coefficient (Wildman–Crippen LogP) is 3.63. The van der Waals surface area contributed by atoms with Gasteiger partial charge in [-0.2, -0.15) is 0 Å². The molecule has 2 aromatic rings. The summed E-state index contributed by atoms with van der Waals surface area (Å²) in [5.74, 6) is -0.490. The number of anilines is 1. The van der Waals surface area contributed by atoms with Crippen LogP contribution in [0.25, 0.3) is 0 Å². The number of nitrogens with zero attached hydrogens (tertiary/aromatic N) is 2. The number of nitrogens with one attached hydrogen (secondary N) is 1. The van der Waals surface area contributed by atoms with Gasteiger partial charge in [-0.1, -0.05) is 6.92 Å². The van der Waals surface area contributed by atoms with Gasteiger partial charge in [0.2, 0.25) is 5.95 Å². The van der Waals surface area contributed by atoms with Gasteiger partial charge in [-0.15, -0.1) is 0 Å². The van der Waals surface area contributed by atoms with Gasteiger partial charge in [-0.3, -0.25) is 0 Å². The average molecular weight is 263 g/mol. The molecule has 1 aromatic heterocycles. The van der Waals surface area contributed by atoms with Crippen LogP contribution in [-0.4, -0.2) is 9.97 Å². The number of hydrogen-bond acceptors (Lipinski definition) is 3. The second-order valence-electron chi connectivity index (χ2n) is 4.36. The second-order valence-corrected chi connectivity index (χ2v) is 4.36. The van der Waals surface area contributed by atoms with Gasteiger partial charge in [-0.25, -0.2) is 18.7 Å². The summed E-state index contributed by atoms with van der Waals surface area (Å²) in [5, 5.41) is 3.01.